The van der Waals surface area contributed by atoms with Crippen molar-refractivity contribution in [3.8, 4) is 0 Å². The van der Waals surface area contributed by atoms with Gasteiger partial charge in [-0.1, -0.05) is 22.0 Å². The van der Waals surface area contributed by atoms with Crippen LogP contribution in [0.3, 0.4) is 0 Å². The largest absolute Gasteiger partial charge is 0.270 e. The molecule has 0 fully saturated rings. The van der Waals surface area contributed by atoms with Gasteiger partial charge in [-0.05, 0) is 24.3 Å². The van der Waals surface area contributed by atoms with Crippen LogP contribution in [0.15, 0.2) is 34.8 Å². The fourth-order valence-corrected chi connectivity index (χ4v) is 2.72. The molecule has 112 valence electrons. The van der Waals surface area contributed by atoms with E-state index in [0.717, 1.165) is 18.2 Å². The summed E-state index contributed by atoms with van der Waals surface area (Å²) in [6.07, 6.45) is 0. The molecule has 0 spiro atoms. The molecule has 0 bridgehead atoms. The molecule has 22 heavy (non-hydrogen) atoms. The number of hydrogen-bond acceptors (Lipinski definition) is 2. The van der Waals surface area contributed by atoms with E-state index in [1.54, 1.807) is 0 Å². The zero-order valence-electron chi connectivity index (χ0n) is 10.9. The topological polar surface area (TPSA) is 37.4 Å². The normalized spacial score (nSPS) is 13.7. The summed E-state index contributed by atoms with van der Waals surface area (Å²) in [5.74, 6) is -4.32. The van der Waals surface area contributed by atoms with Crippen molar-refractivity contribution in [2.75, 3.05) is 0 Å². The number of imide groups is 1. The minimum absolute atomic E-state index is 0.108. The lowest BCUT2D eigenvalue weighted by Crippen LogP contribution is -2.30. The van der Waals surface area contributed by atoms with Gasteiger partial charge in [0.15, 0.2) is 0 Å². The molecule has 1 aliphatic heterocycles. The molecule has 2 amide bonds. The van der Waals surface area contributed by atoms with E-state index in [4.69, 9.17) is 0 Å². The van der Waals surface area contributed by atoms with Crippen molar-refractivity contribution in [2.45, 2.75) is 6.54 Å². The zero-order valence-corrected chi connectivity index (χ0v) is 12.5. The van der Waals surface area contributed by atoms with E-state index in [9.17, 15) is 22.8 Å². The maximum absolute atomic E-state index is 13.8. The van der Waals surface area contributed by atoms with E-state index < -0.39 is 41.4 Å². The third kappa shape index (κ3) is 2.21. The van der Waals surface area contributed by atoms with Gasteiger partial charge in [-0.3, -0.25) is 14.5 Å². The van der Waals surface area contributed by atoms with Crippen molar-refractivity contribution in [3.63, 3.8) is 0 Å². The first-order valence-corrected chi connectivity index (χ1v) is 6.97. The molecular weight excluding hydrogens is 363 g/mol. The molecule has 1 heterocycles. The standard InChI is InChI=1S/C15H7BrF3NO2/c16-7-4-11(18)9(12(19)5-7)6-20-14(21)8-2-1-3-10(17)13(8)15(20)22/h1-5H,6H2. The second-order valence-electron chi connectivity index (χ2n) is 4.71. The van der Waals surface area contributed by atoms with Gasteiger partial charge in [0, 0.05) is 10.0 Å². The van der Waals surface area contributed by atoms with Gasteiger partial charge in [-0.15, -0.1) is 0 Å². The predicted octanol–water partition coefficient (Wildman–Crippen LogP) is 3.66. The van der Waals surface area contributed by atoms with Crippen LogP contribution >= 0.6 is 15.9 Å². The van der Waals surface area contributed by atoms with Gasteiger partial charge >= 0.3 is 0 Å². The van der Waals surface area contributed by atoms with Crippen LogP contribution in [0.5, 0.6) is 0 Å². The van der Waals surface area contributed by atoms with E-state index in [0.29, 0.717) is 4.90 Å². The Labute approximate surface area is 131 Å². The van der Waals surface area contributed by atoms with Crippen LogP contribution in [-0.4, -0.2) is 16.7 Å². The average Bonchev–Trinajstić information content (AvgIpc) is 2.68. The summed E-state index contributed by atoms with van der Waals surface area (Å²) < 4.78 is 41.5. The quantitative estimate of drug-likeness (QED) is 0.757. The fourth-order valence-electron chi connectivity index (χ4n) is 2.32. The molecule has 0 unspecified atom stereocenters. The molecule has 0 N–H and O–H groups in total. The molecule has 0 saturated carbocycles. The number of hydrogen-bond donors (Lipinski definition) is 0. The molecule has 2 aromatic rings. The van der Waals surface area contributed by atoms with Crippen LogP contribution in [0.4, 0.5) is 13.2 Å². The summed E-state index contributed by atoms with van der Waals surface area (Å²) in [5.41, 5.74) is -0.911. The van der Waals surface area contributed by atoms with Crippen molar-refractivity contribution < 1.29 is 22.8 Å². The molecule has 0 radical (unpaired) electrons. The highest BCUT2D eigenvalue weighted by molar-refractivity contribution is 9.10. The van der Waals surface area contributed by atoms with Crippen molar-refractivity contribution >= 4 is 27.7 Å². The molecule has 0 aliphatic carbocycles. The zero-order chi connectivity index (χ0) is 16.0. The van der Waals surface area contributed by atoms with Gasteiger partial charge in [0.1, 0.15) is 17.5 Å². The molecule has 7 heteroatoms. The number of amides is 2. The van der Waals surface area contributed by atoms with Gasteiger partial charge in [0.2, 0.25) is 0 Å². The SMILES string of the molecule is O=C1c2cccc(F)c2C(=O)N1Cc1c(F)cc(Br)cc1F. The van der Waals surface area contributed by atoms with Crippen LogP contribution in [0.2, 0.25) is 0 Å². The van der Waals surface area contributed by atoms with Crippen LogP contribution in [-0.2, 0) is 6.54 Å². The summed E-state index contributed by atoms with van der Waals surface area (Å²) >= 11 is 2.94. The van der Waals surface area contributed by atoms with Crippen molar-refractivity contribution in [1.82, 2.24) is 4.90 Å². The van der Waals surface area contributed by atoms with Crippen LogP contribution < -0.4 is 0 Å². The van der Waals surface area contributed by atoms with Gasteiger partial charge in [0.05, 0.1) is 17.7 Å². The van der Waals surface area contributed by atoms with Gasteiger partial charge < -0.3 is 0 Å². The summed E-state index contributed by atoms with van der Waals surface area (Å²) in [5, 5.41) is 0. The first-order valence-electron chi connectivity index (χ1n) is 6.18. The maximum atomic E-state index is 13.8. The highest BCUT2D eigenvalue weighted by Gasteiger charge is 2.38. The second-order valence-corrected chi connectivity index (χ2v) is 5.62. The third-order valence-electron chi connectivity index (χ3n) is 3.37. The van der Waals surface area contributed by atoms with Gasteiger partial charge in [0.25, 0.3) is 11.8 Å². The molecule has 3 nitrogen and oxygen atoms in total. The monoisotopic (exact) mass is 369 g/mol. The molecule has 3 rings (SSSR count). The Morgan fingerprint density at radius 3 is 2.18 bits per heavy atom. The van der Waals surface area contributed by atoms with E-state index >= 15 is 0 Å². The summed E-state index contributed by atoms with van der Waals surface area (Å²) in [7, 11) is 0. The average molecular weight is 370 g/mol. The Kier molecular flexibility index (Phi) is 3.52. The molecule has 0 atom stereocenters. The summed E-state index contributed by atoms with van der Waals surface area (Å²) in [6.45, 7) is -0.600. The van der Waals surface area contributed by atoms with E-state index in [1.807, 2.05) is 0 Å². The Bertz CT molecular complexity index is 799. The van der Waals surface area contributed by atoms with Gasteiger partial charge in [-0.25, -0.2) is 13.2 Å². The number of benzene rings is 2. The first kappa shape index (κ1) is 14.8. The number of halogens is 4. The minimum Gasteiger partial charge on any atom is -0.270 e. The molecular formula is C15H7BrF3NO2. The van der Waals surface area contributed by atoms with E-state index in [-0.39, 0.29) is 15.6 Å². The van der Waals surface area contributed by atoms with E-state index in [2.05, 4.69) is 15.9 Å². The second kappa shape index (κ2) is 5.24. The lowest BCUT2D eigenvalue weighted by molar-refractivity contribution is 0.0638. The lowest BCUT2D eigenvalue weighted by atomic mass is 10.1. The number of carbonyl (C=O) groups excluding carboxylic acids is 2. The maximum Gasteiger partial charge on any atom is 0.264 e. The van der Waals surface area contributed by atoms with Gasteiger partial charge in [-0.2, -0.15) is 0 Å². The van der Waals surface area contributed by atoms with Crippen molar-refractivity contribution in [1.29, 1.82) is 0 Å². The van der Waals surface area contributed by atoms with Crippen LogP contribution in [0.1, 0.15) is 26.3 Å². The van der Waals surface area contributed by atoms with E-state index in [1.165, 1.54) is 12.1 Å². The summed E-state index contributed by atoms with van der Waals surface area (Å²) in [6, 6.07) is 5.69. The lowest BCUT2D eigenvalue weighted by Gasteiger charge is -2.15. The van der Waals surface area contributed by atoms with Crippen molar-refractivity contribution in [3.05, 3.63) is 68.9 Å². The number of rotatable bonds is 2. The Balaban J connectivity index is 2.01. The van der Waals surface area contributed by atoms with Crippen LogP contribution in [0, 0.1) is 17.5 Å². The fraction of sp³-hybridized carbons (Fsp3) is 0.0667. The Hall–Kier alpha value is -2.15. The molecule has 0 aromatic heterocycles. The summed E-state index contributed by atoms with van der Waals surface area (Å²) in [4.78, 5) is 24.9. The first-order chi connectivity index (χ1) is 10.4. The number of nitrogens with zero attached hydrogens (tertiary/aromatic N) is 1. The molecule has 0 saturated heterocycles. The highest BCUT2D eigenvalue weighted by atomic mass is 79.9. The predicted molar refractivity (Wildman–Crippen MR) is 74.7 cm³/mol. The van der Waals surface area contributed by atoms with Crippen LogP contribution in [0.25, 0.3) is 0 Å². The highest BCUT2D eigenvalue weighted by Crippen LogP contribution is 2.28. The number of carbonyl (C=O) groups is 2. The third-order valence-corrected chi connectivity index (χ3v) is 3.83. The number of fused-ring (bicyclic) bond motifs is 1. The Morgan fingerprint density at radius 1 is 0.955 bits per heavy atom. The smallest absolute Gasteiger partial charge is 0.264 e. The Morgan fingerprint density at radius 2 is 1.59 bits per heavy atom. The molecule has 2 aromatic carbocycles. The molecule has 1 aliphatic rings. The minimum atomic E-state index is -0.903. The van der Waals surface area contributed by atoms with Crippen molar-refractivity contribution in [2.24, 2.45) is 0 Å².